The van der Waals surface area contributed by atoms with Crippen molar-refractivity contribution in [1.82, 2.24) is 19.9 Å². The Morgan fingerprint density at radius 1 is 1.06 bits per heavy atom. The lowest BCUT2D eigenvalue weighted by molar-refractivity contribution is -0.137. The molecule has 4 rings (SSSR count). The summed E-state index contributed by atoms with van der Waals surface area (Å²) in [5.74, 6) is 1.98. The summed E-state index contributed by atoms with van der Waals surface area (Å²) in [4.78, 5) is 14.5. The van der Waals surface area contributed by atoms with Gasteiger partial charge < -0.3 is 14.6 Å². The Morgan fingerprint density at radius 2 is 1.76 bits per heavy atom. The number of likely N-dealkylation sites (tertiary alicyclic amines) is 1. The molecule has 0 aliphatic carbocycles. The highest BCUT2D eigenvalue weighted by molar-refractivity contribution is 5.67. The molecule has 0 amide bonds. The van der Waals surface area contributed by atoms with Crippen molar-refractivity contribution in [2.45, 2.75) is 38.8 Å². The maximum atomic E-state index is 12.8. The van der Waals surface area contributed by atoms with E-state index in [1.54, 1.807) is 6.20 Å². The van der Waals surface area contributed by atoms with Gasteiger partial charge in [-0.3, -0.25) is 0 Å². The predicted octanol–water partition coefficient (Wildman–Crippen LogP) is 5.97. The largest absolute Gasteiger partial charge is 0.478 e. The highest BCUT2D eigenvalue weighted by atomic mass is 19.4. The molecule has 0 bridgehead atoms. The minimum Gasteiger partial charge on any atom is -0.478 e. The number of aryl methyl sites for hydroxylation is 1. The number of alkyl halides is 3. The van der Waals surface area contributed by atoms with E-state index < -0.39 is 11.7 Å². The minimum absolute atomic E-state index is 0.577. The molecule has 0 saturated carbocycles. The number of ether oxygens (including phenoxy) is 1. The first-order chi connectivity index (χ1) is 15.8. The Labute approximate surface area is 192 Å². The Kier molecular flexibility index (Phi) is 7.02. The maximum Gasteiger partial charge on any atom is 0.416 e. The van der Waals surface area contributed by atoms with Crippen LogP contribution in [0.3, 0.4) is 0 Å². The fraction of sp³-hybridized carbons (Fsp3) is 0.440. The summed E-state index contributed by atoms with van der Waals surface area (Å²) < 4.78 is 44.2. The summed E-state index contributed by atoms with van der Waals surface area (Å²) in [6.45, 7) is 4.86. The molecule has 33 heavy (non-hydrogen) atoms. The number of pyridine rings is 1. The second-order valence-electron chi connectivity index (χ2n) is 8.76. The van der Waals surface area contributed by atoms with Crippen LogP contribution in [0.5, 0.6) is 5.88 Å². The summed E-state index contributed by atoms with van der Waals surface area (Å²) >= 11 is 0. The summed E-state index contributed by atoms with van der Waals surface area (Å²) in [5, 5.41) is 0. The predicted molar refractivity (Wildman–Crippen MR) is 122 cm³/mol. The quantitative estimate of drug-likeness (QED) is 0.444. The Balaban J connectivity index is 1.33. The number of nitrogens with one attached hydrogen (secondary N) is 1. The lowest BCUT2D eigenvalue weighted by Gasteiger charge is -2.28. The average molecular weight is 459 g/mol. The van der Waals surface area contributed by atoms with E-state index in [1.807, 2.05) is 19.1 Å². The summed E-state index contributed by atoms with van der Waals surface area (Å²) in [6, 6.07) is 8.73. The van der Waals surface area contributed by atoms with Gasteiger partial charge in [0.2, 0.25) is 5.88 Å². The van der Waals surface area contributed by atoms with Crippen LogP contribution in [0.25, 0.3) is 22.6 Å². The van der Waals surface area contributed by atoms with Gasteiger partial charge in [0.25, 0.3) is 0 Å². The van der Waals surface area contributed by atoms with Crippen molar-refractivity contribution in [2.75, 3.05) is 26.7 Å². The van der Waals surface area contributed by atoms with Crippen LogP contribution in [0.4, 0.5) is 13.2 Å². The number of nitrogens with zero attached hydrogens (tertiary/aromatic N) is 3. The van der Waals surface area contributed by atoms with Gasteiger partial charge >= 0.3 is 6.18 Å². The van der Waals surface area contributed by atoms with Gasteiger partial charge in [0.05, 0.1) is 17.9 Å². The highest BCUT2D eigenvalue weighted by Gasteiger charge is 2.30. The molecule has 3 heterocycles. The van der Waals surface area contributed by atoms with E-state index in [1.165, 1.54) is 44.5 Å². The normalized spacial score (nSPS) is 15.7. The van der Waals surface area contributed by atoms with Crippen LogP contribution >= 0.6 is 0 Å². The van der Waals surface area contributed by atoms with Gasteiger partial charge in [-0.2, -0.15) is 13.2 Å². The molecule has 3 aromatic rings. The molecule has 176 valence electrons. The topological polar surface area (TPSA) is 54.0 Å². The van der Waals surface area contributed by atoms with Crippen molar-refractivity contribution in [2.24, 2.45) is 5.92 Å². The summed E-state index contributed by atoms with van der Waals surface area (Å²) in [6.07, 6.45) is 2.07. The second kappa shape index (κ2) is 9.95. The number of halogens is 3. The molecule has 0 radical (unpaired) electrons. The van der Waals surface area contributed by atoms with Gasteiger partial charge in [0.1, 0.15) is 5.82 Å². The van der Waals surface area contributed by atoms with Gasteiger partial charge in [-0.05, 0) is 76.9 Å². The van der Waals surface area contributed by atoms with Crippen molar-refractivity contribution < 1.29 is 17.9 Å². The lowest BCUT2D eigenvalue weighted by atomic mass is 9.93. The van der Waals surface area contributed by atoms with Gasteiger partial charge in [-0.1, -0.05) is 12.1 Å². The third-order valence-corrected chi connectivity index (χ3v) is 6.22. The molecule has 1 fully saturated rings. The number of aromatic nitrogens is 3. The molecule has 1 aliphatic rings. The van der Waals surface area contributed by atoms with Crippen LogP contribution in [0.15, 0.2) is 42.6 Å². The molecule has 1 N–H and O–H groups in total. The highest BCUT2D eigenvalue weighted by Crippen LogP contribution is 2.32. The zero-order valence-corrected chi connectivity index (χ0v) is 19.0. The van der Waals surface area contributed by atoms with Crippen molar-refractivity contribution in [3.63, 3.8) is 0 Å². The Hall–Kier alpha value is -2.87. The molecule has 8 heteroatoms. The molecule has 2 aromatic heterocycles. The SMILES string of the molecule is Cc1[nH]c(-c2ccc(OCCCC3CCN(C)CC3)nc2)nc1-c1ccc(C(F)(F)F)cc1. The van der Waals surface area contributed by atoms with Crippen molar-refractivity contribution in [3.05, 3.63) is 53.9 Å². The standard InChI is InChI=1S/C25H29F3N4O/c1-17-23(19-5-8-21(9-6-19)25(26,27)28)31-24(30-17)20-7-10-22(29-16-20)33-15-3-4-18-11-13-32(2)14-12-18/h5-10,16,18H,3-4,11-15H2,1-2H3,(H,30,31). The first-order valence-corrected chi connectivity index (χ1v) is 11.3. The summed E-state index contributed by atoms with van der Waals surface area (Å²) in [5.41, 5.74) is 2.13. The first-order valence-electron chi connectivity index (χ1n) is 11.3. The van der Waals surface area contributed by atoms with E-state index >= 15 is 0 Å². The second-order valence-corrected chi connectivity index (χ2v) is 8.76. The monoisotopic (exact) mass is 458 g/mol. The number of imidazole rings is 1. The molecule has 0 atom stereocenters. The number of H-pyrrole nitrogens is 1. The van der Waals surface area contributed by atoms with Crippen LogP contribution in [-0.2, 0) is 6.18 Å². The molecule has 1 aromatic carbocycles. The Morgan fingerprint density at radius 3 is 2.39 bits per heavy atom. The molecular weight excluding hydrogens is 429 g/mol. The fourth-order valence-electron chi connectivity index (χ4n) is 4.20. The van der Waals surface area contributed by atoms with Crippen LogP contribution in [0.2, 0.25) is 0 Å². The van der Waals surface area contributed by atoms with E-state index in [9.17, 15) is 13.2 Å². The van der Waals surface area contributed by atoms with Crippen molar-refractivity contribution in [1.29, 1.82) is 0 Å². The van der Waals surface area contributed by atoms with Crippen molar-refractivity contribution >= 4 is 0 Å². The van der Waals surface area contributed by atoms with Crippen LogP contribution in [0.1, 0.15) is 36.9 Å². The van der Waals surface area contributed by atoms with Gasteiger partial charge in [-0.15, -0.1) is 0 Å². The minimum atomic E-state index is -4.35. The third-order valence-electron chi connectivity index (χ3n) is 6.22. The average Bonchev–Trinajstić information content (AvgIpc) is 3.19. The lowest BCUT2D eigenvalue weighted by Crippen LogP contribution is -2.30. The molecular formula is C25H29F3N4O. The zero-order chi connectivity index (χ0) is 23.4. The first kappa shape index (κ1) is 23.3. The third kappa shape index (κ3) is 5.93. The molecule has 0 spiro atoms. The van der Waals surface area contributed by atoms with E-state index in [4.69, 9.17) is 4.74 Å². The summed E-state index contributed by atoms with van der Waals surface area (Å²) in [7, 11) is 2.17. The number of aromatic amines is 1. The van der Waals surface area contributed by atoms with E-state index in [0.717, 1.165) is 35.7 Å². The van der Waals surface area contributed by atoms with Crippen LogP contribution in [-0.4, -0.2) is 46.6 Å². The van der Waals surface area contributed by atoms with Gasteiger partial charge in [0.15, 0.2) is 0 Å². The number of hydrogen-bond donors (Lipinski definition) is 1. The maximum absolute atomic E-state index is 12.8. The molecule has 0 unspecified atom stereocenters. The smallest absolute Gasteiger partial charge is 0.416 e. The van der Waals surface area contributed by atoms with E-state index in [-0.39, 0.29) is 0 Å². The fourth-order valence-corrected chi connectivity index (χ4v) is 4.20. The van der Waals surface area contributed by atoms with Gasteiger partial charge in [0, 0.05) is 29.1 Å². The molecule has 1 aliphatic heterocycles. The van der Waals surface area contributed by atoms with Crippen LogP contribution in [0, 0.1) is 12.8 Å². The number of benzene rings is 1. The molecule has 5 nitrogen and oxygen atoms in total. The van der Waals surface area contributed by atoms with E-state index in [2.05, 4.69) is 26.9 Å². The zero-order valence-electron chi connectivity index (χ0n) is 19.0. The van der Waals surface area contributed by atoms with Crippen LogP contribution < -0.4 is 4.74 Å². The van der Waals surface area contributed by atoms with Gasteiger partial charge in [-0.25, -0.2) is 9.97 Å². The number of hydrogen-bond acceptors (Lipinski definition) is 4. The number of rotatable bonds is 7. The Bertz CT molecular complexity index is 1040. The number of piperidine rings is 1. The molecule has 1 saturated heterocycles. The van der Waals surface area contributed by atoms with E-state index in [0.29, 0.717) is 29.6 Å². The van der Waals surface area contributed by atoms with Crippen molar-refractivity contribution in [3.8, 4) is 28.5 Å².